The molecular weight excluding hydrogens is 401 g/mol. The van der Waals surface area contributed by atoms with E-state index in [0.717, 1.165) is 39.1 Å². The van der Waals surface area contributed by atoms with Gasteiger partial charge in [0.05, 0.1) is 10.6 Å². The van der Waals surface area contributed by atoms with Gasteiger partial charge in [0, 0.05) is 44.0 Å². The van der Waals surface area contributed by atoms with Gasteiger partial charge in [0.1, 0.15) is 0 Å². The van der Waals surface area contributed by atoms with Gasteiger partial charge in [0.2, 0.25) is 0 Å². The molecule has 1 aliphatic rings. The van der Waals surface area contributed by atoms with Crippen molar-refractivity contribution in [3.63, 3.8) is 0 Å². The molecule has 0 radical (unpaired) electrons. The fourth-order valence-corrected chi connectivity index (χ4v) is 3.02. The summed E-state index contributed by atoms with van der Waals surface area (Å²) in [7, 11) is 0. The Morgan fingerprint density at radius 1 is 1.21 bits per heavy atom. The third-order valence-corrected chi connectivity index (χ3v) is 4.43. The second kappa shape index (κ2) is 11.5. The average molecular weight is 432 g/mol. The number of carbonyl (C=O) groups is 2. The molecule has 0 aromatic heterocycles. The van der Waals surface area contributed by atoms with Crippen LogP contribution in [-0.4, -0.2) is 61.6 Å². The molecular formula is C19H31Cl2N5O2. The lowest BCUT2D eigenvalue weighted by molar-refractivity contribution is 0.0951. The van der Waals surface area contributed by atoms with Gasteiger partial charge in [-0.05, 0) is 51.9 Å². The van der Waals surface area contributed by atoms with Crippen molar-refractivity contribution in [2.45, 2.75) is 32.7 Å². The van der Waals surface area contributed by atoms with Crippen LogP contribution in [0.2, 0.25) is 5.02 Å². The fraction of sp³-hybridized carbons (Fsp3) is 0.579. The van der Waals surface area contributed by atoms with Crippen LogP contribution < -0.4 is 21.3 Å². The van der Waals surface area contributed by atoms with E-state index in [1.165, 1.54) is 0 Å². The number of nitrogens with one attached hydrogen (secondary N) is 4. The van der Waals surface area contributed by atoms with Gasteiger partial charge in [-0.2, -0.15) is 0 Å². The topological polar surface area (TPSA) is 85.5 Å². The maximum absolute atomic E-state index is 12.4. The molecule has 28 heavy (non-hydrogen) atoms. The van der Waals surface area contributed by atoms with Gasteiger partial charge in [0.25, 0.3) is 5.91 Å². The van der Waals surface area contributed by atoms with Crippen molar-refractivity contribution in [3.05, 3.63) is 28.8 Å². The lowest BCUT2D eigenvalue weighted by Gasteiger charge is -2.27. The summed E-state index contributed by atoms with van der Waals surface area (Å²) < 4.78 is 0. The molecule has 0 spiro atoms. The van der Waals surface area contributed by atoms with Crippen LogP contribution in [0, 0.1) is 0 Å². The molecule has 1 heterocycles. The van der Waals surface area contributed by atoms with E-state index in [2.05, 4.69) is 26.2 Å². The van der Waals surface area contributed by atoms with Gasteiger partial charge in [-0.25, -0.2) is 4.79 Å². The summed E-state index contributed by atoms with van der Waals surface area (Å²) in [5, 5.41) is 12.1. The molecule has 1 aliphatic heterocycles. The van der Waals surface area contributed by atoms with E-state index in [1.54, 1.807) is 18.2 Å². The predicted molar refractivity (Wildman–Crippen MR) is 117 cm³/mol. The van der Waals surface area contributed by atoms with Crippen molar-refractivity contribution in [3.8, 4) is 0 Å². The Bertz CT molecular complexity index is 658. The Balaban J connectivity index is 0.00000392. The summed E-state index contributed by atoms with van der Waals surface area (Å²) >= 11 is 6.16. The number of hydrogen-bond donors (Lipinski definition) is 4. The Morgan fingerprint density at radius 2 is 1.89 bits per heavy atom. The Morgan fingerprint density at radius 3 is 2.54 bits per heavy atom. The highest BCUT2D eigenvalue weighted by Crippen LogP contribution is 2.20. The van der Waals surface area contributed by atoms with Gasteiger partial charge in [0.15, 0.2) is 0 Å². The molecule has 3 amide bonds. The van der Waals surface area contributed by atoms with Crippen LogP contribution in [-0.2, 0) is 0 Å². The SMILES string of the molecule is CC(C)(C)NC(=O)Nc1ccc(Cl)c(C(=O)NCCCN2CCNCC2)c1.Cl. The molecule has 2 rings (SSSR count). The van der Waals surface area contributed by atoms with Crippen molar-refractivity contribution in [1.82, 2.24) is 20.9 Å². The van der Waals surface area contributed by atoms with Crippen LogP contribution >= 0.6 is 24.0 Å². The number of piperazine rings is 1. The van der Waals surface area contributed by atoms with E-state index in [-0.39, 0.29) is 29.9 Å². The van der Waals surface area contributed by atoms with Crippen LogP contribution in [0.5, 0.6) is 0 Å². The van der Waals surface area contributed by atoms with Crippen LogP contribution in [0.3, 0.4) is 0 Å². The Hall–Kier alpha value is -1.54. The molecule has 1 aromatic rings. The first kappa shape index (κ1) is 24.5. The van der Waals surface area contributed by atoms with E-state index in [4.69, 9.17) is 11.6 Å². The molecule has 0 bridgehead atoms. The van der Waals surface area contributed by atoms with Crippen molar-refractivity contribution in [2.75, 3.05) is 44.6 Å². The molecule has 0 unspecified atom stereocenters. The second-order valence-corrected chi connectivity index (χ2v) is 8.13. The molecule has 1 fully saturated rings. The first-order valence-electron chi connectivity index (χ1n) is 9.34. The van der Waals surface area contributed by atoms with E-state index < -0.39 is 0 Å². The molecule has 9 heteroatoms. The lowest BCUT2D eigenvalue weighted by atomic mass is 10.1. The predicted octanol–water partition coefficient (Wildman–Crippen LogP) is 2.71. The molecule has 7 nitrogen and oxygen atoms in total. The highest BCUT2D eigenvalue weighted by atomic mass is 35.5. The van der Waals surface area contributed by atoms with Crippen molar-refractivity contribution in [1.29, 1.82) is 0 Å². The smallest absolute Gasteiger partial charge is 0.319 e. The number of rotatable bonds is 6. The molecule has 158 valence electrons. The summed E-state index contributed by atoms with van der Waals surface area (Å²) in [5.74, 6) is -0.236. The third-order valence-electron chi connectivity index (χ3n) is 4.10. The highest BCUT2D eigenvalue weighted by molar-refractivity contribution is 6.34. The van der Waals surface area contributed by atoms with E-state index in [1.807, 2.05) is 20.8 Å². The molecule has 1 aromatic carbocycles. The molecule has 0 atom stereocenters. The summed E-state index contributed by atoms with van der Waals surface area (Å²) in [5.41, 5.74) is 0.528. The zero-order chi connectivity index (χ0) is 19.9. The summed E-state index contributed by atoms with van der Waals surface area (Å²) in [6.45, 7) is 11.4. The molecule has 4 N–H and O–H groups in total. The van der Waals surface area contributed by atoms with E-state index in [0.29, 0.717) is 22.8 Å². The second-order valence-electron chi connectivity index (χ2n) is 7.72. The minimum Gasteiger partial charge on any atom is -0.352 e. The van der Waals surface area contributed by atoms with Gasteiger partial charge >= 0.3 is 6.03 Å². The fourth-order valence-electron chi connectivity index (χ4n) is 2.81. The maximum Gasteiger partial charge on any atom is 0.319 e. The standard InChI is InChI=1S/C19H30ClN5O2.ClH/c1-19(2,3)24-18(27)23-14-5-6-16(20)15(13-14)17(26)22-7-4-10-25-11-8-21-9-12-25;/h5-6,13,21H,4,7-12H2,1-3H3,(H,22,26)(H2,23,24,27);1H. The van der Waals surface area contributed by atoms with Crippen molar-refractivity contribution in [2.24, 2.45) is 0 Å². The van der Waals surface area contributed by atoms with Gasteiger partial charge < -0.3 is 26.2 Å². The Labute approximate surface area is 178 Å². The minimum atomic E-state index is -0.346. The zero-order valence-corrected chi connectivity index (χ0v) is 18.3. The van der Waals surface area contributed by atoms with Crippen LogP contribution in [0.25, 0.3) is 0 Å². The van der Waals surface area contributed by atoms with Crippen molar-refractivity contribution >= 4 is 41.6 Å². The molecule has 0 saturated carbocycles. The molecule has 0 aliphatic carbocycles. The van der Waals surface area contributed by atoms with Gasteiger partial charge in [-0.1, -0.05) is 11.6 Å². The monoisotopic (exact) mass is 431 g/mol. The summed E-state index contributed by atoms with van der Waals surface area (Å²) in [4.78, 5) is 26.8. The number of halogens is 2. The van der Waals surface area contributed by atoms with Crippen molar-refractivity contribution < 1.29 is 9.59 Å². The summed E-state index contributed by atoms with van der Waals surface area (Å²) in [6.07, 6.45) is 0.884. The van der Waals surface area contributed by atoms with Gasteiger partial charge in [-0.15, -0.1) is 12.4 Å². The minimum absolute atomic E-state index is 0. The quantitative estimate of drug-likeness (QED) is 0.521. The number of anilines is 1. The van der Waals surface area contributed by atoms with E-state index in [9.17, 15) is 9.59 Å². The maximum atomic E-state index is 12.4. The number of benzene rings is 1. The summed E-state index contributed by atoms with van der Waals surface area (Å²) in [6, 6.07) is 4.55. The van der Waals surface area contributed by atoms with Gasteiger partial charge in [-0.3, -0.25) is 4.79 Å². The number of nitrogens with zero attached hydrogens (tertiary/aromatic N) is 1. The first-order chi connectivity index (χ1) is 12.7. The number of carbonyl (C=O) groups excluding carboxylic acids is 2. The third kappa shape index (κ3) is 8.65. The zero-order valence-electron chi connectivity index (χ0n) is 16.7. The highest BCUT2D eigenvalue weighted by Gasteiger charge is 2.16. The number of urea groups is 1. The molecule has 1 saturated heterocycles. The normalized spacial score (nSPS) is 14.7. The first-order valence-corrected chi connectivity index (χ1v) is 9.72. The number of hydrogen-bond acceptors (Lipinski definition) is 4. The number of amides is 3. The van der Waals surface area contributed by atoms with Crippen LogP contribution in [0.15, 0.2) is 18.2 Å². The van der Waals surface area contributed by atoms with E-state index >= 15 is 0 Å². The van der Waals surface area contributed by atoms with Crippen LogP contribution in [0.1, 0.15) is 37.6 Å². The van der Waals surface area contributed by atoms with Crippen LogP contribution in [0.4, 0.5) is 10.5 Å². The average Bonchev–Trinajstić information content (AvgIpc) is 2.59. The lowest BCUT2D eigenvalue weighted by Crippen LogP contribution is -2.44. The Kier molecular flexibility index (Phi) is 10.0. The largest absolute Gasteiger partial charge is 0.352 e.